The van der Waals surface area contributed by atoms with E-state index in [9.17, 15) is 14.4 Å². The first-order valence-corrected chi connectivity index (χ1v) is 10.1. The smallest absolute Gasteiger partial charge is 0.273 e. The molecule has 3 rings (SSSR count). The van der Waals surface area contributed by atoms with Gasteiger partial charge in [0.1, 0.15) is 5.69 Å². The normalized spacial score (nSPS) is 23.5. The van der Waals surface area contributed by atoms with Gasteiger partial charge in [-0.05, 0) is 37.2 Å². The van der Waals surface area contributed by atoms with Gasteiger partial charge in [0, 0.05) is 38.3 Å². The first kappa shape index (κ1) is 18.0. The minimum atomic E-state index is -0.318. The molecule has 2 atom stereocenters. The number of piperidine rings is 2. The fourth-order valence-electron chi connectivity index (χ4n) is 3.83. The molecule has 0 unspecified atom stereocenters. The molecule has 0 radical (unpaired) electrons. The number of nitrogens with zero attached hydrogens (tertiary/aromatic N) is 3. The van der Waals surface area contributed by atoms with Crippen molar-refractivity contribution in [3.8, 4) is 0 Å². The molecule has 2 fully saturated rings. The van der Waals surface area contributed by atoms with Crippen LogP contribution in [0.3, 0.4) is 0 Å². The van der Waals surface area contributed by atoms with E-state index in [1.54, 1.807) is 16.7 Å². The van der Waals surface area contributed by atoms with Gasteiger partial charge in [-0.1, -0.05) is 0 Å². The molecule has 3 heterocycles. The maximum Gasteiger partial charge on any atom is 0.273 e. The predicted molar refractivity (Wildman–Crippen MR) is 96.6 cm³/mol. The highest BCUT2D eigenvalue weighted by Gasteiger charge is 2.40. The number of hydrogen-bond donors (Lipinski definition) is 1. The van der Waals surface area contributed by atoms with Gasteiger partial charge in [0.25, 0.3) is 11.5 Å². The third-order valence-electron chi connectivity index (χ3n) is 5.07. The van der Waals surface area contributed by atoms with Gasteiger partial charge < -0.3 is 14.8 Å². The third kappa shape index (κ3) is 4.05. The van der Waals surface area contributed by atoms with Crippen LogP contribution in [0.1, 0.15) is 36.2 Å². The van der Waals surface area contributed by atoms with Crippen LogP contribution in [0.4, 0.5) is 0 Å². The Morgan fingerprint density at radius 2 is 2.24 bits per heavy atom. The largest absolute Gasteiger partial charge is 0.339 e. The van der Waals surface area contributed by atoms with Crippen molar-refractivity contribution in [3.63, 3.8) is 0 Å². The minimum absolute atomic E-state index is 0.152. The molecule has 2 aliphatic rings. The molecule has 0 spiro atoms. The average molecular weight is 364 g/mol. The zero-order valence-electron chi connectivity index (χ0n) is 14.4. The van der Waals surface area contributed by atoms with E-state index in [1.807, 2.05) is 4.90 Å². The summed E-state index contributed by atoms with van der Waals surface area (Å²) >= 11 is 1.80. The van der Waals surface area contributed by atoms with E-state index in [4.69, 9.17) is 0 Å². The lowest BCUT2D eigenvalue weighted by atomic mass is 9.83. The Labute approximate surface area is 151 Å². The SMILES string of the molecule is CSCCCN1C(=O)CC[C@H]2CN(C(=O)c3c[nH]c(=O)cn3)CC[C@H]21. The van der Waals surface area contributed by atoms with E-state index < -0.39 is 0 Å². The van der Waals surface area contributed by atoms with Crippen LogP contribution in [0.5, 0.6) is 0 Å². The van der Waals surface area contributed by atoms with Gasteiger partial charge >= 0.3 is 0 Å². The van der Waals surface area contributed by atoms with Crippen LogP contribution < -0.4 is 5.56 Å². The van der Waals surface area contributed by atoms with Gasteiger partial charge in [-0.15, -0.1) is 0 Å². The standard InChI is InChI=1S/C17H24N4O3S/c1-25-8-2-6-21-14-5-7-20(11-12(14)3-4-16(21)23)17(24)13-9-19-15(22)10-18-13/h9-10,12,14H,2-8,11H2,1H3,(H,19,22)/t12-,14+/m0/s1. The summed E-state index contributed by atoms with van der Waals surface area (Å²) in [5.74, 6) is 1.49. The minimum Gasteiger partial charge on any atom is -0.339 e. The second-order valence-electron chi connectivity index (χ2n) is 6.64. The second kappa shape index (κ2) is 8.03. The van der Waals surface area contributed by atoms with Crippen molar-refractivity contribution in [2.45, 2.75) is 31.7 Å². The number of amides is 2. The Morgan fingerprint density at radius 1 is 1.40 bits per heavy atom. The Kier molecular flexibility index (Phi) is 5.78. The monoisotopic (exact) mass is 364 g/mol. The van der Waals surface area contributed by atoms with Gasteiger partial charge in [0.2, 0.25) is 5.91 Å². The number of carbonyl (C=O) groups is 2. The van der Waals surface area contributed by atoms with Gasteiger partial charge in [0.05, 0.1) is 6.20 Å². The molecule has 0 aliphatic carbocycles. The summed E-state index contributed by atoms with van der Waals surface area (Å²) in [6.07, 6.45) is 7.81. The third-order valence-corrected chi connectivity index (χ3v) is 5.77. The molecular formula is C17H24N4O3S. The Hall–Kier alpha value is -1.83. The van der Waals surface area contributed by atoms with Crippen LogP contribution >= 0.6 is 11.8 Å². The van der Waals surface area contributed by atoms with Gasteiger partial charge in [-0.25, -0.2) is 4.98 Å². The van der Waals surface area contributed by atoms with E-state index in [1.165, 1.54) is 6.20 Å². The lowest BCUT2D eigenvalue weighted by Crippen LogP contribution is -2.57. The van der Waals surface area contributed by atoms with Crippen molar-refractivity contribution in [2.75, 3.05) is 31.6 Å². The summed E-state index contributed by atoms with van der Waals surface area (Å²) in [4.78, 5) is 46.3. The molecule has 0 aromatic carbocycles. The maximum atomic E-state index is 12.6. The molecule has 1 N–H and O–H groups in total. The topological polar surface area (TPSA) is 86.4 Å². The summed E-state index contributed by atoms with van der Waals surface area (Å²) in [6.45, 7) is 2.08. The Bertz CT molecular complexity index is 672. The van der Waals surface area contributed by atoms with Gasteiger partial charge in [-0.2, -0.15) is 11.8 Å². The number of hydrogen-bond acceptors (Lipinski definition) is 5. The number of carbonyl (C=O) groups excluding carboxylic acids is 2. The lowest BCUT2D eigenvalue weighted by Gasteiger charge is -2.47. The number of thioether (sulfide) groups is 1. The lowest BCUT2D eigenvalue weighted by molar-refractivity contribution is -0.140. The number of rotatable bonds is 5. The Balaban J connectivity index is 1.65. The van der Waals surface area contributed by atoms with E-state index in [0.717, 1.165) is 37.8 Å². The van der Waals surface area contributed by atoms with Crippen molar-refractivity contribution in [1.29, 1.82) is 0 Å². The molecule has 7 nitrogen and oxygen atoms in total. The maximum absolute atomic E-state index is 12.6. The predicted octanol–water partition coefficient (Wildman–Crippen LogP) is 0.976. The van der Waals surface area contributed by atoms with Crippen molar-refractivity contribution in [2.24, 2.45) is 5.92 Å². The number of aromatic nitrogens is 2. The van der Waals surface area contributed by atoms with Crippen LogP contribution in [0.25, 0.3) is 0 Å². The van der Waals surface area contributed by atoms with Crippen LogP contribution in [0, 0.1) is 5.92 Å². The molecule has 2 amide bonds. The molecule has 1 aromatic heterocycles. The molecular weight excluding hydrogens is 340 g/mol. The highest BCUT2D eigenvalue weighted by Crippen LogP contribution is 2.31. The summed E-state index contributed by atoms with van der Waals surface area (Å²) < 4.78 is 0. The van der Waals surface area contributed by atoms with Crippen LogP contribution in [-0.2, 0) is 4.79 Å². The number of aromatic amines is 1. The molecule has 0 saturated carbocycles. The van der Waals surface area contributed by atoms with Gasteiger partial charge in [-0.3, -0.25) is 14.4 Å². The van der Waals surface area contributed by atoms with Crippen LogP contribution in [0.2, 0.25) is 0 Å². The van der Waals surface area contributed by atoms with Crippen molar-refractivity contribution in [3.05, 3.63) is 28.4 Å². The quantitative estimate of drug-likeness (QED) is 0.787. The summed E-state index contributed by atoms with van der Waals surface area (Å²) in [5, 5.41) is 0. The molecule has 1 aromatic rings. The van der Waals surface area contributed by atoms with Gasteiger partial charge in [0.15, 0.2) is 0 Å². The van der Waals surface area contributed by atoms with E-state index in [2.05, 4.69) is 16.2 Å². The molecule has 2 aliphatic heterocycles. The number of H-pyrrole nitrogens is 1. The highest BCUT2D eigenvalue weighted by atomic mass is 32.2. The van der Waals surface area contributed by atoms with E-state index in [-0.39, 0.29) is 29.1 Å². The fourth-order valence-corrected chi connectivity index (χ4v) is 4.24. The first-order valence-electron chi connectivity index (χ1n) is 8.72. The molecule has 136 valence electrons. The van der Waals surface area contributed by atoms with Crippen molar-refractivity contribution >= 4 is 23.6 Å². The molecule has 0 bridgehead atoms. The zero-order valence-corrected chi connectivity index (χ0v) is 15.3. The number of likely N-dealkylation sites (tertiary alicyclic amines) is 2. The first-order chi connectivity index (χ1) is 12.1. The van der Waals surface area contributed by atoms with E-state index >= 15 is 0 Å². The second-order valence-corrected chi connectivity index (χ2v) is 7.62. The summed E-state index contributed by atoms with van der Waals surface area (Å²) in [5.41, 5.74) is -0.0521. The summed E-state index contributed by atoms with van der Waals surface area (Å²) in [6, 6.07) is 0.246. The van der Waals surface area contributed by atoms with E-state index in [0.29, 0.717) is 25.4 Å². The Morgan fingerprint density at radius 3 is 2.96 bits per heavy atom. The summed E-state index contributed by atoms with van der Waals surface area (Å²) in [7, 11) is 0. The molecule has 2 saturated heterocycles. The van der Waals surface area contributed by atoms with Crippen LogP contribution in [-0.4, -0.2) is 69.3 Å². The van der Waals surface area contributed by atoms with Crippen LogP contribution in [0.15, 0.2) is 17.2 Å². The van der Waals surface area contributed by atoms with Crippen molar-refractivity contribution in [1.82, 2.24) is 19.8 Å². The zero-order chi connectivity index (χ0) is 17.8. The average Bonchev–Trinajstić information content (AvgIpc) is 2.63. The van der Waals surface area contributed by atoms with Crippen molar-refractivity contribution < 1.29 is 9.59 Å². The molecule has 8 heteroatoms. The highest BCUT2D eigenvalue weighted by molar-refractivity contribution is 7.98. The molecule has 25 heavy (non-hydrogen) atoms. The number of fused-ring (bicyclic) bond motifs is 1. The number of nitrogens with one attached hydrogen (secondary N) is 1. The fraction of sp³-hybridized carbons (Fsp3) is 0.647.